The molecule has 0 atom stereocenters. The molecule has 3 nitrogen and oxygen atoms in total. The topological polar surface area (TPSA) is 35.0 Å². The number of benzene rings is 1. The van der Waals surface area contributed by atoms with Crippen LogP contribution in [-0.4, -0.2) is 8.75 Å². The summed E-state index contributed by atoms with van der Waals surface area (Å²) in [7, 11) is 0. The molecule has 0 saturated heterocycles. The minimum Gasteiger partial charge on any atom is -0.435 e. The van der Waals surface area contributed by atoms with Crippen molar-refractivity contribution in [1.82, 2.24) is 8.75 Å². The van der Waals surface area contributed by atoms with E-state index in [4.69, 9.17) is 16.3 Å². The van der Waals surface area contributed by atoms with Gasteiger partial charge in [-0.05, 0) is 31.0 Å². The van der Waals surface area contributed by atoms with Gasteiger partial charge in [-0.15, -0.1) is 4.37 Å². The molecule has 2 rings (SSSR count). The van der Waals surface area contributed by atoms with Crippen LogP contribution < -0.4 is 4.74 Å². The number of aryl methyl sites for hydroxylation is 1. The average Bonchev–Trinajstić information content (AvgIpc) is 2.60. The zero-order valence-electron chi connectivity index (χ0n) is 8.32. The van der Waals surface area contributed by atoms with Crippen molar-refractivity contribution in [2.75, 3.05) is 0 Å². The fraction of sp³-hybridized carbons (Fsp3) is 0.200. The van der Waals surface area contributed by atoms with Gasteiger partial charge in [0.2, 0.25) is 5.15 Å². The van der Waals surface area contributed by atoms with Gasteiger partial charge in [0.15, 0.2) is 0 Å². The highest BCUT2D eigenvalue weighted by Crippen LogP contribution is 2.29. The van der Waals surface area contributed by atoms with Crippen molar-refractivity contribution in [2.45, 2.75) is 13.8 Å². The van der Waals surface area contributed by atoms with Gasteiger partial charge in [-0.1, -0.05) is 23.7 Å². The van der Waals surface area contributed by atoms with Crippen molar-refractivity contribution < 1.29 is 4.74 Å². The maximum absolute atomic E-state index is 5.79. The highest BCUT2D eigenvalue weighted by atomic mass is 35.5. The van der Waals surface area contributed by atoms with Gasteiger partial charge in [-0.3, -0.25) is 0 Å². The normalized spacial score (nSPS) is 10.3. The van der Waals surface area contributed by atoms with Crippen LogP contribution in [0.5, 0.6) is 11.6 Å². The van der Waals surface area contributed by atoms with E-state index in [9.17, 15) is 0 Å². The Hall–Kier alpha value is -1.13. The fourth-order valence-electron chi connectivity index (χ4n) is 1.17. The van der Waals surface area contributed by atoms with E-state index in [1.54, 1.807) is 0 Å². The molecule has 0 saturated carbocycles. The zero-order chi connectivity index (χ0) is 10.8. The van der Waals surface area contributed by atoms with Gasteiger partial charge in [-0.25, -0.2) is 0 Å². The van der Waals surface area contributed by atoms with Gasteiger partial charge in [-0.2, -0.15) is 4.37 Å². The molecule has 0 aliphatic carbocycles. The molecular formula is C10H9ClN2OS. The lowest BCUT2D eigenvalue weighted by Crippen LogP contribution is -1.90. The molecule has 78 valence electrons. The molecule has 5 heteroatoms. The summed E-state index contributed by atoms with van der Waals surface area (Å²) in [5, 5.41) is 0.306. The number of rotatable bonds is 2. The Morgan fingerprint density at radius 1 is 1.27 bits per heavy atom. The van der Waals surface area contributed by atoms with Crippen LogP contribution in [0.1, 0.15) is 11.1 Å². The second-order valence-corrected chi connectivity index (χ2v) is 4.05. The van der Waals surface area contributed by atoms with Gasteiger partial charge in [0.25, 0.3) is 5.88 Å². The maximum atomic E-state index is 5.79. The van der Waals surface area contributed by atoms with Gasteiger partial charge in [0.1, 0.15) is 5.75 Å². The second-order valence-electron chi connectivity index (χ2n) is 3.16. The van der Waals surface area contributed by atoms with E-state index in [1.807, 2.05) is 32.0 Å². The van der Waals surface area contributed by atoms with Crippen LogP contribution in [0.2, 0.25) is 5.15 Å². The third-order valence-electron chi connectivity index (χ3n) is 2.18. The smallest absolute Gasteiger partial charge is 0.270 e. The quantitative estimate of drug-likeness (QED) is 0.805. The minimum absolute atomic E-state index is 0.306. The first-order valence-electron chi connectivity index (χ1n) is 4.40. The van der Waals surface area contributed by atoms with E-state index in [-0.39, 0.29) is 0 Å². The van der Waals surface area contributed by atoms with Crippen LogP contribution in [0.15, 0.2) is 18.2 Å². The van der Waals surface area contributed by atoms with Crippen LogP contribution in [0.4, 0.5) is 0 Å². The van der Waals surface area contributed by atoms with E-state index in [1.165, 1.54) is 5.56 Å². The Morgan fingerprint density at radius 3 is 2.73 bits per heavy atom. The molecule has 15 heavy (non-hydrogen) atoms. The fourth-order valence-corrected chi connectivity index (χ4v) is 1.78. The highest BCUT2D eigenvalue weighted by Gasteiger charge is 2.09. The molecular weight excluding hydrogens is 232 g/mol. The van der Waals surface area contributed by atoms with E-state index < -0.39 is 0 Å². The monoisotopic (exact) mass is 240 g/mol. The van der Waals surface area contributed by atoms with Crippen LogP contribution in [-0.2, 0) is 0 Å². The Labute approximate surface area is 97.0 Å². The van der Waals surface area contributed by atoms with E-state index >= 15 is 0 Å². The van der Waals surface area contributed by atoms with E-state index in [0.717, 1.165) is 23.0 Å². The molecule has 0 unspecified atom stereocenters. The largest absolute Gasteiger partial charge is 0.435 e. The van der Waals surface area contributed by atoms with Crippen molar-refractivity contribution in [2.24, 2.45) is 0 Å². The number of ether oxygens (including phenoxy) is 1. The van der Waals surface area contributed by atoms with Gasteiger partial charge >= 0.3 is 0 Å². The molecule has 0 N–H and O–H groups in total. The lowest BCUT2D eigenvalue weighted by Gasteiger charge is -2.07. The summed E-state index contributed by atoms with van der Waals surface area (Å²) in [6.07, 6.45) is 0. The molecule has 0 bridgehead atoms. The first-order valence-corrected chi connectivity index (χ1v) is 5.51. The van der Waals surface area contributed by atoms with E-state index in [0.29, 0.717) is 11.0 Å². The lowest BCUT2D eigenvalue weighted by atomic mass is 10.1. The first kappa shape index (κ1) is 10.4. The molecule has 0 amide bonds. The Morgan fingerprint density at radius 2 is 2.07 bits per heavy atom. The predicted octanol–water partition coefficient (Wildman–Crippen LogP) is 3.60. The van der Waals surface area contributed by atoms with Crippen LogP contribution in [0.25, 0.3) is 0 Å². The molecule has 1 aromatic carbocycles. The third kappa shape index (κ3) is 2.11. The van der Waals surface area contributed by atoms with Crippen molar-refractivity contribution in [3.05, 3.63) is 34.5 Å². The Balaban J connectivity index is 2.33. The van der Waals surface area contributed by atoms with Gasteiger partial charge in [0.05, 0.1) is 11.7 Å². The van der Waals surface area contributed by atoms with Crippen molar-refractivity contribution in [3.63, 3.8) is 0 Å². The third-order valence-corrected chi connectivity index (χ3v) is 3.04. The van der Waals surface area contributed by atoms with Crippen molar-refractivity contribution >= 4 is 23.3 Å². The molecule has 0 fully saturated rings. The molecule has 0 radical (unpaired) electrons. The second kappa shape index (κ2) is 4.16. The number of halogens is 1. The average molecular weight is 241 g/mol. The summed E-state index contributed by atoms with van der Waals surface area (Å²) in [6.45, 7) is 4.03. The number of nitrogens with zero attached hydrogens (tertiary/aromatic N) is 2. The summed E-state index contributed by atoms with van der Waals surface area (Å²) < 4.78 is 13.4. The summed E-state index contributed by atoms with van der Waals surface area (Å²) in [6, 6.07) is 5.85. The zero-order valence-corrected chi connectivity index (χ0v) is 9.89. The number of hydrogen-bond acceptors (Lipinski definition) is 4. The van der Waals surface area contributed by atoms with Crippen LogP contribution in [0, 0.1) is 13.8 Å². The molecule has 2 aromatic rings. The van der Waals surface area contributed by atoms with Crippen LogP contribution in [0.3, 0.4) is 0 Å². The van der Waals surface area contributed by atoms with Gasteiger partial charge < -0.3 is 4.74 Å². The van der Waals surface area contributed by atoms with E-state index in [2.05, 4.69) is 8.75 Å². The van der Waals surface area contributed by atoms with Crippen LogP contribution >= 0.6 is 23.3 Å². The summed E-state index contributed by atoms with van der Waals surface area (Å²) in [5.41, 5.74) is 2.26. The maximum Gasteiger partial charge on any atom is 0.270 e. The standard InChI is InChI=1S/C10H9ClN2OS/c1-6-4-3-5-8(7(6)2)14-10-9(11)12-15-13-10/h3-5H,1-2H3. The summed E-state index contributed by atoms with van der Waals surface area (Å²) >= 11 is 6.83. The molecule has 1 aromatic heterocycles. The Kier molecular flexibility index (Phi) is 2.88. The lowest BCUT2D eigenvalue weighted by molar-refractivity contribution is 0.464. The molecule has 0 aliphatic rings. The Bertz CT molecular complexity index is 484. The van der Waals surface area contributed by atoms with Crippen molar-refractivity contribution in [3.8, 4) is 11.6 Å². The predicted molar refractivity (Wildman–Crippen MR) is 60.9 cm³/mol. The highest BCUT2D eigenvalue weighted by molar-refractivity contribution is 6.99. The summed E-state index contributed by atoms with van der Waals surface area (Å²) in [5.74, 6) is 1.14. The minimum atomic E-state index is 0.306. The number of aromatic nitrogens is 2. The SMILES string of the molecule is Cc1cccc(Oc2nsnc2Cl)c1C. The number of hydrogen-bond donors (Lipinski definition) is 0. The van der Waals surface area contributed by atoms with Crippen molar-refractivity contribution in [1.29, 1.82) is 0 Å². The molecule has 0 spiro atoms. The molecule has 1 heterocycles. The van der Waals surface area contributed by atoms with Gasteiger partial charge in [0, 0.05) is 0 Å². The first-order chi connectivity index (χ1) is 7.18. The summed E-state index contributed by atoms with van der Waals surface area (Å²) in [4.78, 5) is 0. The molecule has 0 aliphatic heterocycles.